The second-order valence-corrected chi connectivity index (χ2v) is 5.43. The number of rotatable bonds is 7. The fourth-order valence-electron chi connectivity index (χ4n) is 2.06. The van der Waals surface area contributed by atoms with Crippen molar-refractivity contribution in [1.29, 1.82) is 0 Å². The fourth-order valence-corrected chi connectivity index (χ4v) is 2.06. The van der Waals surface area contributed by atoms with E-state index in [1.54, 1.807) is 6.92 Å². The van der Waals surface area contributed by atoms with E-state index in [2.05, 4.69) is 15.5 Å². The predicted octanol–water partition coefficient (Wildman–Crippen LogP) is 1.39. The molecule has 11 heteroatoms. The number of hydrogen-bond acceptors (Lipinski definition) is 4. The molecule has 2 aromatic rings. The van der Waals surface area contributed by atoms with E-state index >= 15 is 0 Å². The summed E-state index contributed by atoms with van der Waals surface area (Å²) in [5, 5.41) is 18.5. The maximum Gasteiger partial charge on any atom is 0.435 e. The van der Waals surface area contributed by atoms with Crippen molar-refractivity contribution in [2.75, 3.05) is 0 Å². The van der Waals surface area contributed by atoms with E-state index in [0.29, 0.717) is 0 Å². The fraction of sp³-hybridized carbons (Fsp3) is 0.429. The van der Waals surface area contributed by atoms with Crippen LogP contribution in [0.4, 0.5) is 13.2 Å². The Bertz CT molecular complexity index is 753. The molecule has 2 rings (SSSR count). The Morgan fingerprint density at radius 2 is 2.08 bits per heavy atom. The first-order valence-electron chi connectivity index (χ1n) is 7.31. The molecule has 1 unspecified atom stereocenters. The second-order valence-electron chi connectivity index (χ2n) is 5.43. The maximum absolute atomic E-state index is 12.5. The summed E-state index contributed by atoms with van der Waals surface area (Å²) in [5.41, 5.74) is -0.764. The van der Waals surface area contributed by atoms with Gasteiger partial charge in [0.05, 0.1) is 31.3 Å². The van der Waals surface area contributed by atoms with Gasteiger partial charge in [-0.25, -0.2) is 0 Å². The zero-order valence-electron chi connectivity index (χ0n) is 13.2. The van der Waals surface area contributed by atoms with Crippen LogP contribution in [0.25, 0.3) is 0 Å². The molecular formula is C14H16F3N5O3. The lowest BCUT2D eigenvalue weighted by atomic mass is 10.3. The number of aromatic nitrogens is 4. The molecule has 8 nitrogen and oxygen atoms in total. The first-order valence-corrected chi connectivity index (χ1v) is 7.31. The van der Waals surface area contributed by atoms with Crippen molar-refractivity contribution >= 4 is 11.9 Å². The predicted molar refractivity (Wildman–Crippen MR) is 78.6 cm³/mol. The number of amides is 1. The van der Waals surface area contributed by atoms with E-state index in [1.165, 1.54) is 23.3 Å². The number of carboxylic acid groups (broad SMARTS) is 1. The van der Waals surface area contributed by atoms with E-state index in [1.807, 2.05) is 0 Å². The molecule has 0 aromatic carbocycles. The number of aliphatic carboxylic acids is 1. The van der Waals surface area contributed by atoms with Crippen molar-refractivity contribution in [2.45, 2.75) is 38.7 Å². The Kier molecular flexibility index (Phi) is 5.45. The van der Waals surface area contributed by atoms with Crippen molar-refractivity contribution in [3.05, 3.63) is 35.9 Å². The molecule has 0 aliphatic carbocycles. The minimum atomic E-state index is -4.51. The molecule has 0 saturated carbocycles. The molecule has 2 aromatic heterocycles. The highest BCUT2D eigenvalue weighted by Gasteiger charge is 2.33. The Labute approximate surface area is 140 Å². The smallest absolute Gasteiger partial charge is 0.435 e. The minimum absolute atomic E-state index is 0.0645. The van der Waals surface area contributed by atoms with Gasteiger partial charge in [-0.2, -0.15) is 23.4 Å². The van der Waals surface area contributed by atoms with Crippen LogP contribution >= 0.6 is 0 Å². The molecule has 2 heterocycles. The van der Waals surface area contributed by atoms with Gasteiger partial charge >= 0.3 is 12.1 Å². The lowest BCUT2D eigenvalue weighted by Gasteiger charge is -2.13. The highest BCUT2D eigenvalue weighted by molar-refractivity contribution is 5.93. The van der Waals surface area contributed by atoms with Gasteiger partial charge in [0.1, 0.15) is 0 Å². The molecule has 0 aliphatic heterocycles. The Morgan fingerprint density at radius 1 is 1.36 bits per heavy atom. The third kappa shape index (κ3) is 5.33. The molecule has 0 fully saturated rings. The van der Waals surface area contributed by atoms with Crippen LogP contribution in [-0.4, -0.2) is 42.6 Å². The van der Waals surface area contributed by atoms with Gasteiger partial charge in [0, 0.05) is 18.4 Å². The summed E-state index contributed by atoms with van der Waals surface area (Å²) in [6, 6.07) is 0.386. The first kappa shape index (κ1) is 18.5. The number of aryl methyl sites for hydroxylation is 1. The number of alkyl halides is 3. The summed E-state index contributed by atoms with van der Waals surface area (Å²) >= 11 is 0. The van der Waals surface area contributed by atoms with Crippen LogP contribution in [0.1, 0.15) is 29.4 Å². The normalized spacial score (nSPS) is 12.8. The highest BCUT2D eigenvalue weighted by atomic mass is 19.4. The van der Waals surface area contributed by atoms with Crippen LogP contribution in [0.2, 0.25) is 0 Å². The summed E-state index contributed by atoms with van der Waals surface area (Å²) in [6.07, 6.45) is -0.752. The number of halogens is 3. The van der Waals surface area contributed by atoms with Crippen LogP contribution in [0.5, 0.6) is 0 Å². The topological polar surface area (TPSA) is 102 Å². The average molecular weight is 359 g/mol. The zero-order valence-corrected chi connectivity index (χ0v) is 13.2. The molecule has 0 spiro atoms. The van der Waals surface area contributed by atoms with Gasteiger partial charge in [-0.05, 0) is 13.0 Å². The summed E-state index contributed by atoms with van der Waals surface area (Å²) in [7, 11) is 0. The van der Waals surface area contributed by atoms with Gasteiger partial charge in [0.2, 0.25) is 0 Å². The van der Waals surface area contributed by atoms with Crippen LogP contribution in [0, 0.1) is 0 Å². The number of carbonyl (C=O) groups excluding carboxylic acids is 1. The van der Waals surface area contributed by atoms with Crippen LogP contribution < -0.4 is 5.32 Å². The van der Waals surface area contributed by atoms with Gasteiger partial charge < -0.3 is 10.4 Å². The monoisotopic (exact) mass is 359 g/mol. The van der Waals surface area contributed by atoms with Crippen molar-refractivity contribution in [1.82, 2.24) is 24.9 Å². The van der Waals surface area contributed by atoms with Crippen LogP contribution in [0.3, 0.4) is 0 Å². The number of nitrogens with one attached hydrogen (secondary N) is 1. The SMILES string of the molecule is CC(Cn1ccc(C(F)(F)F)n1)NC(=O)c1cnn(CCC(=O)O)c1. The average Bonchev–Trinajstić information content (AvgIpc) is 3.13. The first-order chi connectivity index (χ1) is 11.6. The van der Waals surface area contributed by atoms with Crippen molar-refractivity contribution in [3.63, 3.8) is 0 Å². The Balaban J connectivity index is 1.89. The molecule has 0 bridgehead atoms. The standard InChI is InChI=1S/C14H16F3N5O3/c1-9(7-22-4-2-11(20-22)14(15,16)17)19-13(25)10-6-18-21(8-10)5-3-12(23)24/h2,4,6,8-9H,3,5,7H2,1H3,(H,19,25)(H,23,24). The lowest BCUT2D eigenvalue weighted by molar-refractivity contribution is -0.141. The molecule has 1 atom stereocenters. The van der Waals surface area contributed by atoms with Gasteiger partial charge in [0.25, 0.3) is 5.91 Å². The van der Waals surface area contributed by atoms with Crippen molar-refractivity contribution < 1.29 is 27.9 Å². The van der Waals surface area contributed by atoms with Gasteiger partial charge in [-0.3, -0.25) is 19.0 Å². The largest absolute Gasteiger partial charge is 0.481 e. The molecule has 1 amide bonds. The van der Waals surface area contributed by atoms with E-state index in [-0.39, 0.29) is 25.1 Å². The quantitative estimate of drug-likeness (QED) is 0.778. The number of carboxylic acids is 1. The van der Waals surface area contributed by atoms with E-state index in [9.17, 15) is 22.8 Å². The van der Waals surface area contributed by atoms with E-state index in [4.69, 9.17) is 5.11 Å². The van der Waals surface area contributed by atoms with Crippen LogP contribution in [0.15, 0.2) is 24.7 Å². The van der Waals surface area contributed by atoms with Gasteiger partial charge in [0.15, 0.2) is 5.69 Å². The Hall–Kier alpha value is -2.85. The Morgan fingerprint density at radius 3 is 2.68 bits per heavy atom. The zero-order chi connectivity index (χ0) is 18.6. The van der Waals surface area contributed by atoms with Crippen molar-refractivity contribution in [2.24, 2.45) is 0 Å². The molecule has 0 radical (unpaired) electrons. The third-order valence-corrected chi connectivity index (χ3v) is 3.22. The molecule has 2 N–H and O–H groups in total. The van der Waals surface area contributed by atoms with E-state index < -0.39 is 29.8 Å². The number of carbonyl (C=O) groups is 2. The molecule has 0 aliphatic rings. The minimum Gasteiger partial charge on any atom is -0.481 e. The highest BCUT2D eigenvalue weighted by Crippen LogP contribution is 2.27. The number of hydrogen-bond donors (Lipinski definition) is 2. The molecule has 136 valence electrons. The summed E-state index contributed by atoms with van der Waals surface area (Å²) in [5.74, 6) is -1.44. The van der Waals surface area contributed by atoms with E-state index in [0.717, 1.165) is 10.7 Å². The molecule has 0 saturated heterocycles. The van der Waals surface area contributed by atoms with Gasteiger partial charge in [-0.1, -0.05) is 0 Å². The number of nitrogens with zero attached hydrogens (tertiary/aromatic N) is 4. The lowest BCUT2D eigenvalue weighted by Crippen LogP contribution is -2.35. The van der Waals surface area contributed by atoms with Crippen LogP contribution in [-0.2, 0) is 24.1 Å². The maximum atomic E-state index is 12.5. The summed E-state index contributed by atoms with van der Waals surface area (Å²) in [4.78, 5) is 22.6. The summed E-state index contributed by atoms with van der Waals surface area (Å²) < 4.78 is 39.9. The van der Waals surface area contributed by atoms with Gasteiger partial charge in [-0.15, -0.1) is 0 Å². The second kappa shape index (κ2) is 7.36. The third-order valence-electron chi connectivity index (χ3n) is 3.22. The molecule has 25 heavy (non-hydrogen) atoms. The van der Waals surface area contributed by atoms with Crippen molar-refractivity contribution in [3.8, 4) is 0 Å². The molecular weight excluding hydrogens is 343 g/mol. The summed E-state index contributed by atoms with van der Waals surface area (Å²) in [6.45, 7) is 1.82.